The number of carbonyl (C=O) groups is 1. The van der Waals surface area contributed by atoms with Crippen LogP contribution in [0, 0.1) is 6.92 Å². The second kappa shape index (κ2) is 4.05. The zero-order valence-electron chi connectivity index (χ0n) is 8.78. The highest BCUT2D eigenvalue weighted by molar-refractivity contribution is 5.85. The number of aromatic nitrogens is 5. The fourth-order valence-electron chi connectivity index (χ4n) is 1.18. The van der Waals surface area contributed by atoms with Gasteiger partial charge >= 0.3 is 5.97 Å². The van der Waals surface area contributed by atoms with Crippen LogP contribution < -0.4 is 0 Å². The average Bonchev–Trinajstić information content (AvgIpc) is 2.80. The van der Waals surface area contributed by atoms with E-state index in [1.807, 2.05) is 0 Å². The quantitative estimate of drug-likeness (QED) is 0.669. The molecule has 0 fully saturated rings. The van der Waals surface area contributed by atoms with Gasteiger partial charge in [-0.05, 0) is 6.92 Å². The summed E-state index contributed by atoms with van der Waals surface area (Å²) < 4.78 is 6.00. The van der Waals surface area contributed by atoms with E-state index in [1.54, 1.807) is 13.0 Å². The molecule has 0 unspecified atom stereocenters. The molecule has 16 heavy (non-hydrogen) atoms. The summed E-state index contributed by atoms with van der Waals surface area (Å²) in [6, 6.07) is 1.70. The third-order valence-electron chi connectivity index (χ3n) is 1.86. The molecule has 0 saturated carbocycles. The minimum Gasteiger partial charge on any atom is -0.463 e. The summed E-state index contributed by atoms with van der Waals surface area (Å²) in [7, 11) is 1.28. The van der Waals surface area contributed by atoms with Gasteiger partial charge in [0, 0.05) is 11.8 Å². The lowest BCUT2D eigenvalue weighted by Gasteiger charge is -2.03. The fourth-order valence-corrected chi connectivity index (χ4v) is 1.18. The standard InChI is InChI=1S/C9H9N5O2/c1-6-3-7(14-5-10-4-11-14)13-8(12-6)9(15)16-2/h3-5H,1-2H3. The number of esters is 1. The number of methoxy groups -OCH3 is 1. The number of nitrogens with zero attached hydrogens (tertiary/aromatic N) is 5. The fraction of sp³-hybridized carbons (Fsp3) is 0.222. The molecular formula is C9H9N5O2. The Kier molecular flexibility index (Phi) is 2.59. The van der Waals surface area contributed by atoms with E-state index in [4.69, 9.17) is 0 Å². The smallest absolute Gasteiger partial charge is 0.376 e. The van der Waals surface area contributed by atoms with Gasteiger partial charge in [0.15, 0.2) is 5.82 Å². The molecule has 2 heterocycles. The summed E-state index contributed by atoms with van der Waals surface area (Å²) in [5.74, 6) is -0.0940. The molecule has 7 nitrogen and oxygen atoms in total. The van der Waals surface area contributed by atoms with Gasteiger partial charge < -0.3 is 4.74 Å². The first-order valence-corrected chi connectivity index (χ1v) is 4.49. The third-order valence-corrected chi connectivity index (χ3v) is 1.86. The largest absolute Gasteiger partial charge is 0.463 e. The summed E-state index contributed by atoms with van der Waals surface area (Å²) in [4.78, 5) is 23.1. The lowest BCUT2D eigenvalue weighted by molar-refractivity contribution is 0.0586. The summed E-state index contributed by atoms with van der Waals surface area (Å²) in [5.41, 5.74) is 0.654. The van der Waals surface area contributed by atoms with Crippen molar-refractivity contribution >= 4 is 5.97 Å². The molecule has 0 amide bonds. The van der Waals surface area contributed by atoms with Gasteiger partial charge in [0.05, 0.1) is 7.11 Å². The van der Waals surface area contributed by atoms with Crippen molar-refractivity contribution in [3.63, 3.8) is 0 Å². The number of hydrogen-bond donors (Lipinski definition) is 0. The van der Waals surface area contributed by atoms with Crippen molar-refractivity contribution in [3.8, 4) is 5.82 Å². The van der Waals surface area contributed by atoms with Crippen molar-refractivity contribution in [2.45, 2.75) is 6.92 Å². The van der Waals surface area contributed by atoms with Crippen LogP contribution in [0.2, 0.25) is 0 Å². The Bertz CT molecular complexity index is 509. The van der Waals surface area contributed by atoms with Gasteiger partial charge in [0.1, 0.15) is 12.7 Å². The van der Waals surface area contributed by atoms with E-state index in [9.17, 15) is 4.79 Å². The Hall–Kier alpha value is -2.31. The molecule has 2 rings (SSSR count). The molecule has 0 N–H and O–H groups in total. The van der Waals surface area contributed by atoms with Gasteiger partial charge in [-0.1, -0.05) is 0 Å². The summed E-state index contributed by atoms with van der Waals surface area (Å²) in [5, 5.41) is 3.92. The van der Waals surface area contributed by atoms with Gasteiger partial charge in [-0.3, -0.25) is 0 Å². The van der Waals surface area contributed by atoms with Crippen LogP contribution in [0.15, 0.2) is 18.7 Å². The Morgan fingerprint density at radius 3 is 2.88 bits per heavy atom. The molecule has 0 saturated heterocycles. The lowest BCUT2D eigenvalue weighted by Crippen LogP contribution is -2.11. The SMILES string of the molecule is COC(=O)c1nc(C)cc(-n2cncn2)n1. The van der Waals surface area contributed by atoms with Crippen LogP contribution in [0.3, 0.4) is 0 Å². The van der Waals surface area contributed by atoms with Crippen LogP contribution in [-0.2, 0) is 4.74 Å². The molecule has 0 atom stereocenters. The predicted octanol–water partition coefficient (Wildman–Crippen LogP) is 0.152. The van der Waals surface area contributed by atoms with E-state index >= 15 is 0 Å². The highest BCUT2D eigenvalue weighted by atomic mass is 16.5. The first kappa shape index (κ1) is 10.2. The number of ether oxygens (including phenoxy) is 1. The monoisotopic (exact) mass is 219 g/mol. The van der Waals surface area contributed by atoms with Crippen LogP contribution in [0.4, 0.5) is 0 Å². The van der Waals surface area contributed by atoms with Crippen LogP contribution in [0.1, 0.15) is 16.3 Å². The molecule has 0 radical (unpaired) electrons. The van der Waals surface area contributed by atoms with Crippen molar-refractivity contribution in [2.24, 2.45) is 0 Å². The maximum Gasteiger partial charge on any atom is 0.376 e. The van der Waals surface area contributed by atoms with Gasteiger partial charge in [-0.25, -0.2) is 24.4 Å². The van der Waals surface area contributed by atoms with E-state index < -0.39 is 5.97 Å². The average molecular weight is 219 g/mol. The maximum atomic E-state index is 11.3. The molecule has 0 bridgehead atoms. The number of aryl methyl sites for hydroxylation is 1. The molecule has 7 heteroatoms. The normalized spacial score (nSPS) is 10.1. The first-order valence-electron chi connectivity index (χ1n) is 4.49. The molecule has 0 aliphatic carbocycles. The van der Waals surface area contributed by atoms with Crippen LogP contribution in [0.25, 0.3) is 5.82 Å². The minimum atomic E-state index is -0.579. The molecule has 0 aromatic carbocycles. The van der Waals surface area contributed by atoms with Gasteiger partial charge in [-0.2, -0.15) is 5.10 Å². The molecule has 0 aliphatic rings. The van der Waals surface area contributed by atoms with E-state index in [0.717, 1.165) is 0 Å². The highest BCUT2D eigenvalue weighted by Gasteiger charge is 2.12. The van der Waals surface area contributed by atoms with Gasteiger partial charge in [-0.15, -0.1) is 0 Å². The first-order chi connectivity index (χ1) is 7.70. The number of hydrogen-bond acceptors (Lipinski definition) is 6. The maximum absolute atomic E-state index is 11.3. The second-order valence-corrected chi connectivity index (χ2v) is 3.02. The van der Waals surface area contributed by atoms with Gasteiger partial charge in [0.25, 0.3) is 0 Å². The Balaban J connectivity index is 2.48. The van der Waals surface area contributed by atoms with Crippen molar-refractivity contribution in [1.29, 1.82) is 0 Å². The van der Waals surface area contributed by atoms with Gasteiger partial charge in [0.2, 0.25) is 5.82 Å². The Morgan fingerprint density at radius 1 is 1.44 bits per heavy atom. The topological polar surface area (TPSA) is 82.8 Å². The second-order valence-electron chi connectivity index (χ2n) is 3.02. The zero-order chi connectivity index (χ0) is 11.5. The summed E-state index contributed by atoms with van der Waals surface area (Å²) in [6.45, 7) is 1.76. The molecule has 2 aromatic heterocycles. The minimum absolute atomic E-state index is 0.00741. The van der Waals surface area contributed by atoms with Crippen molar-refractivity contribution < 1.29 is 9.53 Å². The molecular weight excluding hydrogens is 210 g/mol. The summed E-state index contributed by atoms with van der Waals surface area (Å²) in [6.07, 6.45) is 2.87. The zero-order valence-corrected chi connectivity index (χ0v) is 8.78. The lowest BCUT2D eigenvalue weighted by atomic mass is 10.4. The van der Waals surface area contributed by atoms with Crippen LogP contribution in [-0.4, -0.2) is 37.8 Å². The summed E-state index contributed by atoms with van der Waals surface area (Å²) >= 11 is 0. The van der Waals surface area contributed by atoms with E-state index in [1.165, 1.54) is 24.4 Å². The van der Waals surface area contributed by atoms with Crippen molar-refractivity contribution in [1.82, 2.24) is 24.7 Å². The van der Waals surface area contributed by atoms with E-state index in [0.29, 0.717) is 11.5 Å². The Morgan fingerprint density at radius 2 is 2.25 bits per heavy atom. The highest BCUT2D eigenvalue weighted by Crippen LogP contribution is 2.05. The van der Waals surface area contributed by atoms with E-state index in [-0.39, 0.29) is 5.82 Å². The molecule has 0 aliphatic heterocycles. The molecule has 82 valence electrons. The molecule has 0 spiro atoms. The van der Waals surface area contributed by atoms with E-state index in [2.05, 4.69) is 24.8 Å². The van der Waals surface area contributed by atoms with Crippen LogP contribution >= 0.6 is 0 Å². The van der Waals surface area contributed by atoms with Crippen LogP contribution in [0.5, 0.6) is 0 Å². The predicted molar refractivity (Wildman–Crippen MR) is 53.0 cm³/mol. The van der Waals surface area contributed by atoms with Crippen molar-refractivity contribution in [2.75, 3.05) is 7.11 Å². The van der Waals surface area contributed by atoms with Crippen molar-refractivity contribution in [3.05, 3.63) is 30.2 Å². The molecule has 2 aromatic rings. The number of rotatable bonds is 2. The Labute approximate surface area is 91.1 Å². The third kappa shape index (κ3) is 1.88. The number of carbonyl (C=O) groups excluding carboxylic acids is 1.